The molecule has 2 aromatic heterocycles. The molecule has 3 N–H and O–H groups in total. The van der Waals surface area contributed by atoms with E-state index in [1.807, 2.05) is 6.92 Å². The van der Waals surface area contributed by atoms with Gasteiger partial charge in [-0.15, -0.1) is 0 Å². The predicted molar refractivity (Wildman–Crippen MR) is 86.9 cm³/mol. The summed E-state index contributed by atoms with van der Waals surface area (Å²) in [6, 6.07) is 3.51. The van der Waals surface area contributed by atoms with Crippen LogP contribution < -0.4 is 5.73 Å². The number of nitrogens with two attached hydrogens (primary N) is 1. The number of benzene rings is 1. The van der Waals surface area contributed by atoms with Gasteiger partial charge in [-0.2, -0.15) is 5.10 Å². The van der Waals surface area contributed by atoms with Gasteiger partial charge in [0.15, 0.2) is 0 Å². The first-order chi connectivity index (χ1) is 10.4. The van der Waals surface area contributed by atoms with Gasteiger partial charge in [0.2, 0.25) is 5.76 Å². The van der Waals surface area contributed by atoms with E-state index in [1.54, 1.807) is 30.1 Å². The van der Waals surface area contributed by atoms with Gasteiger partial charge < -0.3 is 15.3 Å². The van der Waals surface area contributed by atoms with Gasteiger partial charge in [0.25, 0.3) is 0 Å². The lowest BCUT2D eigenvalue weighted by Crippen LogP contribution is -1.97. The lowest BCUT2D eigenvalue weighted by molar-refractivity contribution is 0.0663. The number of furan rings is 1. The minimum atomic E-state index is -1.08. The van der Waals surface area contributed by atoms with E-state index in [1.165, 1.54) is 0 Å². The molecule has 3 rings (SSSR count). The van der Waals surface area contributed by atoms with Crippen LogP contribution in [0.2, 0.25) is 0 Å². The molecular weight excluding hydrogens is 350 g/mol. The molecule has 0 saturated heterocycles. The molecule has 0 bridgehead atoms. The van der Waals surface area contributed by atoms with Gasteiger partial charge in [0.05, 0.1) is 16.4 Å². The van der Waals surface area contributed by atoms with Crippen molar-refractivity contribution < 1.29 is 14.3 Å². The molecule has 0 aliphatic carbocycles. The fourth-order valence-corrected chi connectivity index (χ4v) is 3.25. The van der Waals surface area contributed by atoms with Crippen molar-refractivity contribution in [1.82, 2.24) is 9.78 Å². The summed E-state index contributed by atoms with van der Waals surface area (Å²) < 4.78 is 8.13. The molecule has 0 aliphatic rings. The van der Waals surface area contributed by atoms with E-state index in [0.29, 0.717) is 28.8 Å². The maximum atomic E-state index is 11.4. The Balaban J connectivity index is 2.44. The third kappa shape index (κ3) is 2.09. The van der Waals surface area contributed by atoms with Crippen molar-refractivity contribution >= 4 is 38.6 Å². The molecule has 22 heavy (non-hydrogen) atoms. The van der Waals surface area contributed by atoms with Gasteiger partial charge in [-0.25, -0.2) is 4.79 Å². The Hall–Kier alpha value is -2.28. The summed E-state index contributed by atoms with van der Waals surface area (Å²) in [6.45, 7) is 1.89. The summed E-state index contributed by atoms with van der Waals surface area (Å²) in [5.74, 6) is -1.12. The highest BCUT2D eigenvalue weighted by atomic mass is 79.9. The second-order valence-corrected chi connectivity index (χ2v) is 5.83. The Morgan fingerprint density at radius 1 is 1.50 bits per heavy atom. The molecular formula is C15H14BrN3O3. The van der Waals surface area contributed by atoms with Crippen LogP contribution in [0.5, 0.6) is 0 Å². The van der Waals surface area contributed by atoms with Crippen molar-refractivity contribution in [1.29, 1.82) is 0 Å². The van der Waals surface area contributed by atoms with E-state index in [9.17, 15) is 9.90 Å². The van der Waals surface area contributed by atoms with Crippen molar-refractivity contribution in [2.24, 2.45) is 7.05 Å². The van der Waals surface area contributed by atoms with Crippen LogP contribution >= 0.6 is 15.9 Å². The number of nitrogen functional groups attached to an aromatic ring is 1. The second-order valence-electron chi connectivity index (χ2n) is 4.98. The number of fused-ring (bicyclic) bond motifs is 1. The number of aromatic nitrogens is 2. The minimum absolute atomic E-state index is 0.0392. The summed E-state index contributed by atoms with van der Waals surface area (Å²) in [5.41, 5.74) is 9.20. The van der Waals surface area contributed by atoms with Gasteiger partial charge in [-0.3, -0.25) is 4.68 Å². The third-order valence-electron chi connectivity index (χ3n) is 3.61. The van der Waals surface area contributed by atoms with E-state index >= 15 is 0 Å². The Kier molecular flexibility index (Phi) is 3.44. The molecule has 0 saturated carbocycles. The molecule has 0 radical (unpaired) electrons. The Bertz CT molecular complexity index is 876. The summed E-state index contributed by atoms with van der Waals surface area (Å²) in [7, 11) is 1.80. The van der Waals surface area contributed by atoms with Crippen LogP contribution in [0.4, 0.5) is 5.69 Å². The first kappa shape index (κ1) is 14.6. The number of aryl methyl sites for hydroxylation is 2. The highest BCUT2D eigenvalue weighted by Crippen LogP contribution is 2.38. The molecule has 0 unspecified atom stereocenters. The van der Waals surface area contributed by atoms with Crippen molar-refractivity contribution in [2.45, 2.75) is 13.3 Å². The van der Waals surface area contributed by atoms with Crippen LogP contribution in [0.25, 0.3) is 22.2 Å². The van der Waals surface area contributed by atoms with E-state index < -0.39 is 5.97 Å². The number of carboxylic acids is 1. The summed E-state index contributed by atoms with van der Waals surface area (Å²) in [5, 5.41) is 14.3. The molecule has 0 fully saturated rings. The largest absolute Gasteiger partial charge is 0.475 e. The number of aromatic carboxylic acids is 1. The SMILES string of the molecule is CCc1c(C(=O)O)oc2c(-c3c(Br)cnn3C)cc(N)cc12. The van der Waals surface area contributed by atoms with E-state index in [0.717, 1.165) is 15.6 Å². The fourth-order valence-electron chi connectivity index (χ4n) is 2.68. The van der Waals surface area contributed by atoms with Gasteiger partial charge in [0, 0.05) is 29.2 Å². The number of nitrogens with zero attached hydrogens (tertiary/aromatic N) is 2. The molecule has 3 aromatic rings. The quantitative estimate of drug-likeness (QED) is 0.695. The summed E-state index contributed by atoms with van der Waals surface area (Å²) in [6.07, 6.45) is 2.22. The molecule has 1 aromatic carbocycles. The van der Waals surface area contributed by atoms with Gasteiger partial charge >= 0.3 is 5.97 Å². The van der Waals surface area contributed by atoms with Crippen LogP contribution in [0, 0.1) is 0 Å². The minimum Gasteiger partial charge on any atom is -0.475 e. The highest BCUT2D eigenvalue weighted by molar-refractivity contribution is 9.10. The molecule has 0 amide bonds. The Morgan fingerprint density at radius 2 is 2.23 bits per heavy atom. The zero-order valence-corrected chi connectivity index (χ0v) is 13.6. The molecule has 6 nitrogen and oxygen atoms in total. The molecule has 0 spiro atoms. The zero-order chi connectivity index (χ0) is 16.0. The highest BCUT2D eigenvalue weighted by Gasteiger charge is 2.23. The molecule has 0 atom stereocenters. The van der Waals surface area contributed by atoms with Crippen LogP contribution in [0.1, 0.15) is 23.0 Å². The average molecular weight is 364 g/mol. The van der Waals surface area contributed by atoms with Crippen molar-refractivity contribution in [3.8, 4) is 11.3 Å². The van der Waals surface area contributed by atoms with Gasteiger partial charge in [0.1, 0.15) is 5.58 Å². The summed E-state index contributed by atoms with van der Waals surface area (Å²) >= 11 is 3.45. The Morgan fingerprint density at radius 3 is 2.77 bits per heavy atom. The maximum absolute atomic E-state index is 11.4. The zero-order valence-electron chi connectivity index (χ0n) is 12.1. The normalized spacial score (nSPS) is 11.2. The third-order valence-corrected chi connectivity index (χ3v) is 4.19. The van der Waals surface area contributed by atoms with Crippen LogP contribution in [-0.2, 0) is 13.5 Å². The van der Waals surface area contributed by atoms with Gasteiger partial charge in [-0.05, 0) is 34.5 Å². The van der Waals surface area contributed by atoms with E-state index in [4.69, 9.17) is 10.2 Å². The maximum Gasteiger partial charge on any atom is 0.372 e. The van der Waals surface area contributed by atoms with Crippen LogP contribution in [0.15, 0.2) is 27.2 Å². The summed E-state index contributed by atoms with van der Waals surface area (Å²) in [4.78, 5) is 11.4. The number of halogens is 1. The number of hydrogen-bond acceptors (Lipinski definition) is 4. The van der Waals surface area contributed by atoms with Gasteiger partial charge in [-0.1, -0.05) is 6.92 Å². The van der Waals surface area contributed by atoms with Crippen molar-refractivity contribution in [2.75, 3.05) is 5.73 Å². The number of carbonyl (C=O) groups is 1. The van der Waals surface area contributed by atoms with Crippen LogP contribution in [0.3, 0.4) is 0 Å². The van der Waals surface area contributed by atoms with E-state index in [2.05, 4.69) is 21.0 Å². The van der Waals surface area contributed by atoms with Crippen molar-refractivity contribution in [3.05, 3.63) is 34.1 Å². The van der Waals surface area contributed by atoms with Crippen molar-refractivity contribution in [3.63, 3.8) is 0 Å². The lowest BCUT2D eigenvalue weighted by atomic mass is 10.0. The molecule has 7 heteroatoms. The predicted octanol–water partition coefficient (Wildman–Crippen LogP) is 3.44. The second kappa shape index (κ2) is 5.17. The number of hydrogen-bond donors (Lipinski definition) is 2. The standard InChI is InChI=1S/C15H14BrN3O3/c1-3-8-9-4-7(17)5-10(12-11(16)6-18-19(12)2)13(9)22-14(8)15(20)21/h4-6H,3,17H2,1-2H3,(H,20,21). The van der Waals surface area contributed by atoms with Crippen LogP contribution in [-0.4, -0.2) is 20.9 Å². The lowest BCUT2D eigenvalue weighted by Gasteiger charge is -2.06. The molecule has 2 heterocycles. The smallest absolute Gasteiger partial charge is 0.372 e. The monoisotopic (exact) mass is 363 g/mol. The average Bonchev–Trinajstić information content (AvgIpc) is 2.98. The first-order valence-corrected chi connectivity index (χ1v) is 7.49. The number of rotatable bonds is 3. The molecule has 114 valence electrons. The number of carboxylic acid groups (broad SMARTS) is 1. The van der Waals surface area contributed by atoms with E-state index in [-0.39, 0.29) is 5.76 Å². The topological polar surface area (TPSA) is 94.3 Å². The molecule has 0 aliphatic heterocycles. The Labute approximate surface area is 134 Å². The first-order valence-electron chi connectivity index (χ1n) is 6.70. The fraction of sp³-hybridized carbons (Fsp3) is 0.200. The number of anilines is 1.